The molecule has 150 valence electrons. The highest BCUT2D eigenvalue weighted by molar-refractivity contribution is 5.51. The Morgan fingerprint density at radius 2 is 1.76 bits per heavy atom. The Hall–Kier alpha value is -3.05. The molecule has 1 aromatic carbocycles. The molecule has 0 radical (unpaired) electrons. The van der Waals surface area contributed by atoms with Crippen LogP contribution in [0.3, 0.4) is 0 Å². The molecule has 0 aliphatic heterocycles. The standard InChI is InChI=1S/C24H27N3O2/c1-4-10-21-20(5-2)24(29-16-15-28-3)27-23(26-21)22-14-9-13-19(25-22)17-18-11-7-6-8-12-18/h5-14H,4,15-17H2,1-3H3/b20-5+,21-10+. The fraction of sp³-hybridized carbons (Fsp3) is 0.292. The molecule has 2 heterocycles. The highest BCUT2D eigenvalue weighted by Crippen LogP contribution is 2.15. The third-order valence-corrected chi connectivity index (χ3v) is 4.42. The van der Waals surface area contributed by atoms with Gasteiger partial charge in [-0.25, -0.2) is 9.97 Å². The van der Waals surface area contributed by atoms with Crippen LogP contribution in [-0.2, 0) is 11.2 Å². The number of rotatable bonds is 8. The summed E-state index contributed by atoms with van der Waals surface area (Å²) in [7, 11) is 1.65. The highest BCUT2D eigenvalue weighted by Gasteiger charge is 2.10. The number of hydrogen-bond acceptors (Lipinski definition) is 5. The Morgan fingerprint density at radius 1 is 0.931 bits per heavy atom. The zero-order valence-electron chi connectivity index (χ0n) is 17.3. The van der Waals surface area contributed by atoms with Crippen LogP contribution in [-0.4, -0.2) is 35.3 Å². The topological polar surface area (TPSA) is 57.1 Å². The first-order valence-corrected chi connectivity index (χ1v) is 9.91. The molecule has 0 fully saturated rings. The van der Waals surface area contributed by atoms with Crippen molar-refractivity contribution in [1.82, 2.24) is 15.0 Å². The summed E-state index contributed by atoms with van der Waals surface area (Å²) >= 11 is 0. The number of hydrogen-bond donors (Lipinski definition) is 0. The molecule has 0 amide bonds. The number of nitrogens with zero attached hydrogens (tertiary/aromatic N) is 3. The van der Waals surface area contributed by atoms with Crippen LogP contribution < -0.4 is 15.3 Å². The highest BCUT2D eigenvalue weighted by atomic mass is 16.5. The summed E-state index contributed by atoms with van der Waals surface area (Å²) in [6.07, 6.45) is 5.70. The minimum atomic E-state index is 0.431. The second-order valence-electron chi connectivity index (χ2n) is 6.57. The predicted octanol–water partition coefficient (Wildman–Crippen LogP) is 3.15. The van der Waals surface area contributed by atoms with E-state index in [1.54, 1.807) is 7.11 Å². The van der Waals surface area contributed by atoms with Gasteiger partial charge in [-0.05, 0) is 31.0 Å². The molecular weight excluding hydrogens is 362 g/mol. The first-order chi connectivity index (χ1) is 14.2. The molecule has 0 N–H and O–H groups in total. The second kappa shape index (κ2) is 10.5. The number of pyridine rings is 1. The lowest BCUT2D eigenvalue weighted by atomic mass is 10.1. The Kier molecular flexibility index (Phi) is 7.47. The smallest absolute Gasteiger partial charge is 0.224 e. The molecule has 2 aromatic heterocycles. The Bertz CT molecular complexity index is 1050. The van der Waals surface area contributed by atoms with E-state index in [0.29, 0.717) is 24.9 Å². The van der Waals surface area contributed by atoms with Gasteiger partial charge in [-0.1, -0.05) is 55.5 Å². The summed E-state index contributed by atoms with van der Waals surface area (Å²) in [6.45, 7) is 4.99. The average Bonchev–Trinajstić information content (AvgIpc) is 2.75. The molecule has 0 aliphatic rings. The largest absolute Gasteiger partial charge is 0.475 e. The first kappa shape index (κ1) is 20.7. The van der Waals surface area contributed by atoms with Crippen molar-refractivity contribution in [3.05, 3.63) is 70.4 Å². The van der Waals surface area contributed by atoms with Crippen LogP contribution in [0.2, 0.25) is 0 Å². The van der Waals surface area contributed by atoms with E-state index in [9.17, 15) is 0 Å². The monoisotopic (exact) mass is 389 g/mol. The van der Waals surface area contributed by atoms with Crippen LogP contribution in [0.1, 0.15) is 31.5 Å². The van der Waals surface area contributed by atoms with Crippen molar-refractivity contribution in [3.8, 4) is 17.4 Å². The minimum Gasteiger partial charge on any atom is -0.475 e. The van der Waals surface area contributed by atoms with Gasteiger partial charge in [-0.2, -0.15) is 4.98 Å². The molecule has 3 rings (SSSR count). The van der Waals surface area contributed by atoms with E-state index < -0.39 is 0 Å². The predicted molar refractivity (Wildman–Crippen MR) is 116 cm³/mol. The third kappa shape index (κ3) is 5.48. The lowest BCUT2D eigenvalue weighted by Crippen LogP contribution is -2.32. The minimum absolute atomic E-state index is 0.431. The van der Waals surface area contributed by atoms with E-state index in [2.05, 4.69) is 30.1 Å². The van der Waals surface area contributed by atoms with Gasteiger partial charge in [0.05, 0.1) is 17.2 Å². The van der Waals surface area contributed by atoms with Crippen molar-refractivity contribution in [3.63, 3.8) is 0 Å². The zero-order valence-corrected chi connectivity index (χ0v) is 17.3. The van der Waals surface area contributed by atoms with E-state index in [0.717, 1.165) is 34.8 Å². The van der Waals surface area contributed by atoms with E-state index >= 15 is 0 Å². The fourth-order valence-electron chi connectivity index (χ4n) is 3.04. The van der Waals surface area contributed by atoms with Crippen molar-refractivity contribution in [2.75, 3.05) is 20.3 Å². The quantitative estimate of drug-likeness (QED) is 0.554. The van der Waals surface area contributed by atoms with Crippen LogP contribution in [0.25, 0.3) is 23.7 Å². The van der Waals surface area contributed by atoms with Crippen molar-refractivity contribution in [2.45, 2.75) is 26.7 Å². The first-order valence-electron chi connectivity index (χ1n) is 9.91. The van der Waals surface area contributed by atoms with Gasteiger partial charge in [0.25, 0.3) is 0 Å². The Labute approximate surface area is 171 Å². The van der Waals surface area contributed by atoms with Crippen molar-refractivity contribution in [2.24, 2.45) is 0 Å². The number of aromatic nitrogens is 3. The SMILES string of the molecule is C/C=c1/c(OCCOC)nc(-c2cccc(Cc3ccccc3)n2)n/c1=C/CC. The molecule has 0 saturated heterocycles. The zero-order chi connectivity index (χ0) is 20.5. The summed E-state index contributed by atoms with van der Waals surface area (Å²) in [4.78, 5) is 14.2. The molecular formula is C24H27N3O2. The third-order valence-electron chi connectivity index (χ3n) is 4.42. The second-order valence-corrected chi connectivity index (χ2v) is 6.57. The lowest BCUT2D eigenvalue weighted by Gasteiger charge is -2.09. The maximum atomic E-state index is 5.89. The molecule has 0 bridgehead atoms. The Morgan fingerprint density at radius 3 is 2.48 bits per heavy atom. The summed E-state index contributed by atoms with van der Waals surface area (Å²) in [5.74, 6) is 1.13. The molecule has 0 spiro atoms. The van der Waals surface area contributed by atoms with E-state index in [1.165, 1.54) is 5.56 Å². The van der Waals surface area contributed by atoms with Crippen molar-refractivity contribution in [1.29, 1.82) is 0 Å². The van der Waals surface area contributed by atoms with Gasteiger partial charge in [-0.3, -0.25) is 0 Å². The summed E-state index contributed by atoms with van der Waals surface area (Å²) in [6, 6.07) is 16.3. The normalized spacial score (nSPS) is 12.4. The summed E-state index contributed by atoms with van der Waals surface area (Å²) in [5, 5.41) is 1.76. The van der Waals surface area contributed by atoms with Crippen LogP contribution >= 0.6 is 0 Å². The molecule has 0 unspecified atom stereocenters. The van der Waals surface area contributed by atoms with Gasteiger partial charge in [0, 0.05) is 19.2 Å². The summed E-state index contributed by atoms with van der Waals surface area (Å²) in [5.41, 5.74) is 2.94. The van der Waals surface area contributed by atoms with Gasteiger partial charge >= 0.3 is 0 Å². The number of methoxy groups -OCH3 is 1. The number of benzene rings is 1. The maximum absolute atomic E-state index is 5.89. The van der Waals surface area contributed by atoms with Crippen LogP contribution in [0, 0.1) is 0 Å². The van der Waals surface area contributed by atoms with Gasteiger partial charge in [0.2, 0.25) is 5.88 Å². The van der Waals surface area contributed by atoms with Crippen LogP contribution in [0.5, 0.6) is 5.88 Å². The maximum Gasteiger partial charge on any atom is 0.224 e. The fourth-order valence-corrected chi connectivity index (χ4v) is 3.04. The van der Waals surface area contributed by atoms with E-state index in [4.69, 9.17) is 19.4 Å². The van der Waals surface area contributed by atoms with Gasteiger partial charge < -0.3 is 9.47 Å². The van der Waals surface area contributed by atoms with Gasteiger partial charge in [-0.15, -0.1) is 0 Å². The van der Waals surface area contributed by atoms with Crippen molar-refractivity contribution < 1.29 is 9.47 Å². The molecule has 0 atom stereocenters. The van der Waals surface area contributed by atoms with E-state index in [-0.39, 0.29) is 0 Å². The summed E-state index contributed by atoms with van der Waals surface area (Å²) < 4.78 is 11.0. The molecule has 5 heteroatoms. The van der Waals surface area contributed by atoms with Crippen molar-refractivity contribution >= 4 is 12.2 Å². The van der Waals surface area contributed by atoms with Crippen LogP contribution in [0.4, 0.5) is 0 Å². The molecule has 29 heavy (non-hydrogen) atoms. The molecule has 0 saturated carbocycles. The number of ether oxygens (including phenoxy) is 2. The van der Waals surface area contributed by atoms with Gasteiger partial charge in [0.1, 0.15) is 12.3 Å². The van der Waals surface area contributed by atoms with E-state index in [1.807, 2.05) is 49.4 Å². The Balaban J connectivity index is 2.01. The lowest BCUT2D eigenvalue weighted by molar-refractivity contribution is 0.143. The average molecular weight is 389 g/mol. The van der Waals surface area contributed by atoms with Crippen LogP contribution in [0.15, 0.2) is 48.5 Å². The molecule has 0 aliphatic carbocycles. The molecule has 5 nitrogen and oxygen atoms in total. The van der Waals surface area contributed by atoms with Gasteiger partial charge in [0.15, 0.2) is 5.82 Å². The molecule has 3 aromatic rings.